The molecular formula is C13H21N2O4P. The molecule has 0 saturated carbocycles. The van der Waals surface area contributed by atoms with E-state index in [9.17, 15) is 4.57 Å². The topological polar surface area (TPSA) is 94.1 Å². The van der Waals surface area contributed by atoms with E-state index in [1.165, 1.54) is 0 Å². The van der Waals surface area contributed by atoms with E-state index >= 15 is 0 Å². The highest BCUT2D eigenvalue weighted by Gasteiger charge is 2.36. The Morgan fingerprint density at radius 3 is 2.30 bits per heavy atom. The number of benzene rings is 1. The van der Waals surface area contributed by atoms with Crippen LogP contribution in [0.1, 0.15) is 19.4 Å². The molecule has 1 unspecified atom stereocenters. The molecule has 0 fully saturated rings. The summed E-state index contributed by atoms with van der Waals surface area (Å²) in [5, 5.41) is 12.2. The molecule has 0 radical (unpaired) electrons. The van der Waals surface area contributed by atoms with Crippen LogP contribution in [0.3, 0.4) is 0 Å². The van der Waals surface area contributed by atoms with E-state index in [0.717, 1.165) is 5.56 Å². The Morgan fingerprint density at radius 2 is 1.85 bits per heavy atom. The molecule has 6 nitrogen and oxygen atoms in total. The minimum Gasteiger partial charge on any atom is -0.410 e. The molecule has 1 aromatic carbocycles. The van der Waals surface area contributed by atoms with Crippen molar-refractivity contribution in [3.05, 3.63) is 35.9 Å². The Kier molecular flexibility index (Phi) is 6.88. The second kappa shape index (κ2) is 8.17. The van der Waals surface area contributed by atoms with Crippen molar-refractivity contribution in [2.75, 3.05) is 13.2 Å². The van der Waals surface area contributed by atoms with Gasteiger partial charge in [-0.15, -0.1) is 0 Å². The molecule has 1 rings (SSSR count). The van der Waals surface area contributed by atoms with Gasteiger partial charge >= 0.3 is 7.60 Å². The van der Waals surface area contributed by atoms with Gasteiger partial charge in [-0.05, 0) is 25.8 Å². The molecule has 112 valence electrons. The Balaban J connectivity index is 2.91. The second-order valence-corrected chi connectivity index (χ2v) is 6.06. The van der Waals surface area contributed by atoms with Gasteiger partial charge in [0.2, 0.25) is 0 Å². The lowest BCUT2D eigenvalue weighted by Gasteiger charge is -2.21. The van der Waals surface area contributed by atoms with Crippen molar-refractivity contribution in [2.24, 2.45) is 10.9 Å². The van der Waals surface area contributed by atoms with Gasteiger partial charge in [-0.1, -0.05) is 35.5 Å². The van der Waals surface area contributed by atoms with Crippen molar-refractivity contribution < 1.29 is 18.8 Å². The van der Waals surface area contributed by atoms with E-state index < -0.39 is 13.6 Å². The summed E-state index contributed by atoms with van der Waals surface area (Å²) < 4.78 is 22.8. The van der Waals surface area contributed by atoms with Crippen LogP contribution < -0.4 is 5.73 Å². The van der Waals surface area contributed by atoms with E-state index in [0.29, 0.717) is 6.42 Å². The normalized spacial score (nSPS) is 14.2. The van der Waals surface area contributed by atoms with E-state index in [1.807, 2.05) is 30.3 Å². The van der Waals surface area contributed by atoms with Gasteiger partial charge in [0.25, 0.3) is 0 Å². The van der Waals surface area contributed by atoms with E-state index in [1.54, 1.807) is 13.8 Å². The number of nitrogens with zero attached hydrogens (tertiary/aromatic N) is 1. The summed E-state index contributed by atoms with van der Waals surface area (Å²) in [6.07, 6.45) is 0.379. The molecule has 0 spiro atoms. The molecule has 0 aliphatic carbocycles. The lowest BCUT2D eigenvalue weighted by molar-refractivity contribution is 0.229. The summed E-state index contributed by atoms with van der Waals surface area (Å²) in [6, 6.07) is 8.68. The average Bonchev–Trinajstić information content (AvgIpc) is 2.41. The minimum atomic E-state index is -3.65. The second-order valence-electron chi connectivity index (χ2n) is 4.09. The van der Waals surface area contributed by atoms with Gasteiger partial charge in [0, 0.05) is 0 Å². The fourth-order valence-corrected chi connectivity index (χ4v) is 3.43. The largest absolute Gasteiger partial charge is 0.410 e. The number of oxime groups is 1. The zero-order chi connectivity index (χ0) is 15.0. The van der Waals surface area contributed by atoms with E-state index in [-0.39, 0.29) is 18.7 Å². The third-order valence-corrected chi connectivity index (χ3v) is 4.79. The van der Waals surface area contributed by atoms with Crippen molar-refractivity contribution in [1.29, 1.82) is 0 Å². The van der Waals surface area contributed by atoms with Crippen LogP contribution in [0.15, 0.2) is 35.5 Å². The molecule has 20 heavy (non-hydrogen) atoms. The van der Waals surface area contributed by atoms with Crippen LogP contribution in [-0.2, 0) is 20.0 Å². The van der Waals surface area contributed by atoms with Gasteiger partial charge in [0.15, 0.2) is 5.45 Å². The highest BCUT2D eigenvalue weighted by atomic mass is 31.2. The number of nitrogens with two attached hydrogens (primary N) is 1. The van der Waals surface area contributed by atoms with Gasteiger partial charge < -0.3 is 20.0 Å². The van der Waals surface area contributed by atoms with Crippen LogP contribution in [0.2, 0.25) is 0 Å². The summed E-state index contributed by atoms with van der Waals surface area (Å²) in [4.78, 5) is 0. The lowest BCUT2D eigenvalue weighted by atomic mass is 10.1. The number of rotatable bonds is 8. The van der Waals surface area contributed by atoms with Gasteiger partial charge in [-0.25, -0.2) is 0 Å². The van der Waals surface area contributed by atoms with Crippen molar-refractivity contribution >= 4 is 13.0 Å². The predicted molar refractivity (Wildman–Crippen MR) is 78.2 cm³/mol. The van der Waals surface area contributed by atoms with Crippen LogP contribution in [-0.4, -0.2) is 29.9 Å². The van der Waals surface area contributed by atoms with Crippen LogP contribution >= 0.6 is 7.60 Å². The first-order valence-electron chi connectivity index (χ1n) is 6.48. The van der Waals surface area contributed by atoms with Crippen molar-refractivity contribution in [3.8, 4) is 0 Å². The first-order valence-corrected chi connectivity index (χ1v) is 8.02. The molecule has 1 atom stereocenters. The Bertz CT molecular complexity index is 469. The summed E-state index contributed by atoms with van der Waals surface area (Å²) >= 11 is 0. The molecule has 0 amide bonds. The SMILES string of the molecule is CCOP(=O)(OCC)/C(=N\O)C(N)Cc1ccccc1. The molecular weight excluding hydrogens is 279 g/mol. The van der Waals surface area contributed by atoms with Crippen LogP contribution in [0.5, 0.6) is 0 Å². The fraction of sp³-hybridized carbons (Fsp3) is 0.462. The maximum atomic E-state index is 12.6. The lowest BCUT2D eigenvalue weighted by Crippen LogP contribution is -2.33. The summed E-state index contributed by atoms with van der Waals surface area (Å²) in [5.74, 6) is 0. The molecule has 7 heteroatoms. The standard InChI is InChI=1S/C13H21N2O4P/c1-3-18-20(17,19-4-2)13(15-16)12(14)10-11-8-6-5-7-9-11/h5-9,12,16H,3-4,10,14H2,1-2H3/b15-13-. The molecule has 0 aliphatic rings. The van der Waals surface area contributed by atoms with Crippen LogP contribution in [0.25, 0.3) is 0 Å². The maximum absolute atomic E-state index is 12.6. The summed E-state index contributed by atoms with van der Waals surface area (Å²) in [5.41, 5.74) is 6.78. The zero-order valence-electron chi connectivity index (χ0n) is 11.7. The molecule has 0 aliphatic heterocycles. The molecule has 3 N–H and O–H groups in total. The molecule has 0 aromatic heterocycles. The highest BCUT2D eigenvalue weighted by Crippen LogP contribution is 2.50. The van der Waals surface area contributed by atoms with Crippen LogP contribution in [0.4, 0.5) is 0 Å². The van der Waals surface area contributed by atoms with Crippen LogP contribution in [0, 0.1) is 0 Å². The molecule has 0 bridgehead atoms. The quantitative estimate of drug-likeness (QED) is 0.333. The Hall–Kier alpha value is -1.20. The van der Waals surface area contributed by atoms with Crippen molar-refractivity contribution in [2.45, 2.75) is 26.3 Å². The predicted octanol–water partition coefficient (Wildman–Crippen LogP) is 2.61. The minimum absolute atomic E-state index is 0.148. The van der Waals surface area contributed by atoms with E-state index in [4.69, 9.17) is 20.0 Å². The molecule has 0 heterocycles. The first kappa shape index (κ1) is 16.9. The third kappa shape index (κ3) is 4.42. The number of hydrogen-bond acceptors (Lipinski definition) is 6. The van der Waals surface area contributed by atoms with Gasteiger partial charge in [0.05, 0.1) is 19.3 Å². The highest BCUT2D eigenvalue weighted by molar-refractivity contribution is 7.72. The van der Waals surface area contributed by atoms with Gasteiger partial charge in [-0.3, -0.25) is 4.57 Å². The van der Waals surface area contributed by atoms with Gasteiger partial charge in [0.1, 0.15) is 0 Å². The summed E-state index contributed by atoms with van der Waals surface area (Å²) in [6.45, 7) is 3.72. The molecule has 1 aromatic rings. The fourth-order valence-electron chi connectivity index (χ4n) is 1.80. The van der Waals surface area contributed by atoms with E-state index in [2.05, 4.69) is 5.16 Å². The average molecular weight is 300 g/mol. The Morgan fingerprint density at radius 1 is 1.30 bits per heavy atom. The maximum Gasteiger partial charge on any atom is 0.380 e. The first-order chi connectivity index (χ1) is 9.57. The molecule has 0 saturated heterocycles. The smallest absolute Gasteiger partial charge is 0.380 e. The third-order valence-electron chi connectivity index (χ3n) is 2.61. The zero-order valence-corrected chi connectivity index (χ0v) is 12.6. The monoisotopic (exact) mass is 300 g/mol. The van der Waals surface area contributed by atoms with Crippen molar-refractivity contribution in [1.82, 2.24) is 0 Å². The Labute approximate surface area is 119 Å². The summed E-state index contributed by atoms with van der Waals surface area (Å²) in [7, 11) is -3.65. The number of hydrogen-bond donors (Lipinski definition) is 2. The van der Waals surface area contributed by atoms with Gasteiger partial charge in [-0.2, -0.15) is 0 Å². The van der Waals surface area contributed by atoms with Crippen molar-refractivity contribution in [3.63, 3.8) is 0 Å².